The van der Waals surface area contributed by atoms with Gasteiger partial charge in [-0.15, -0.1) is 0 Å². The fraction of sp³-hybridized carbons (Fsp3) is 0.478. The molecule has 0 amide bonds. The summed E-state index contributed by atoms with van der Waals surface area (Å²) in [6, 6.07) is 15.2. The Morgan fingerprint density at radius 3 is 2.64 bits per heavy atom. The molecule has 2 aliphatic heterocycles. The van der Waals surface area contributed by atoms with Gasteiger partial charge < -0.3 is 14.6 Å². The van der Waals surface area contributed by atoms with Crippen LogP contribution in [0.2, 0.25) is 0 Å². The van der Waals surface area contributed by atoms with Crippen molar-refractivity contribution in [1.82, 2.24) is 9.80 Å². The number of aliphatic hydroxyl groups is 1. The molecule has 0 aromatic heterocycles. The maximum Gasteiger partial charge on any atom is 0.161 e. The van der Waals surface area contributed by atoms with E-state index < -0.39 is 0 Å². The number of benzene rings is 2. The number of ether oxygens (including phenoxy) is 2. The number of fused-ring (bicyclic) bond motifs is 1. The first kappa shape index (κ1) is 19.2. The Bertz CT molecular complexity index is 795. The van der Waals surface area contributed by atoms with E-state index in [-0.39, 0.29) is 6.61 Å². The Balaban J connectivity index is 1.40. The second-order valence-corrected chi connectivity index (χ2v) is 7.78. The SMILES string of the molecule is Cc1ccccc1CN1CCN(Cc2ccc3c(c2)OCCO3)C[C@H]1CCO. The molecule has 1 fully saturated rings. The molecule has 1 N–H and O–H groups in total. The minimum atomic E-state index is 0.229. The van der Waals surface area contributed by atoms with Crippen LogP contribution in [0.25, 0.3) is 0 Å². The van der Waals surface area contributed by atoms with Gasteiger partial charge in [0.1, 0.15) is 13.2 Å². The minimum absolute atomic E-state index is 0.229. The number of aryl methyl sites for hydroxylation is 1. The van der Waals surface area contributed by atoms with Gasteiger partial charge in [0.05, 0.1) is 0 Å². The van der Waals surface area contributed by atoms with Crippen LogP contribution in [0, 0.1) is 6.92 Å². The van der Waals surface area contributed by atoms with Crippen molar-refractivity contribution in [3.63, 3.8) is 0 Å². The van der Waals surface area contributed by atoms with E-state index >= 15 is 0 Å². The standard InChI is InChI=1S/C23H30N2O3/c1-18-4-2-3-5-20(18)16-25-10-9-24(17-21(25)8-11-26)15-19-6-7-22-23(14-19)28-13-12-27-22/h2-7,14,21,26H,8-13,15-17H2,1H3/t21-/m1/s1. The molecule has 2 aromatic rings. The predicted molar refractivity (Wildman–Crippen MR) is 110 cm³/mol. The third-order valence-electron chi connectivity index (χ3n) is 5.80. The Labute approximate surface area is 167 Å². The third kappa shape index (κ3) is 4.49. The molecule has 0 saturated carbocycles. The predicted octanol–water partition coefficient (Wildman–Crippen LogP) is 2.84. The Morgan fingerprint density at radius 2 is 1.82 bits per heavy atom. The number of piperazine rings is 1. The number of nitrogens with zero attached hydrogens (tertiary/aromatic N) is 2. The highest BCUT2D eigenvalue weighted by Crippen LogP contribution is 2.31. The zero-order valence-electron chi connectivity index (χ0n) is 16.6. The van der Waals surface area contributed by atoms with Crippen LogP contribution >= 0.6 is 0 Å². The van der Waals surface area contributed by atoms with E-state index in [0.29, 0.717) is 19.3 Å². The van der Waals surface area contributed by atoms with Crippen LogP contribution in [0.3, 0.4) is 0 Å². The van der Waals surface area contributed by atoms with Gasteiger partial charge in [-0.25, -0.2) is 0 Å². The van der Waals surface area contributed by atoms with Crippen LogP contribution in [0.5, 0.6) is 11.5 Å². The van der Waals surface area contributed by atoms with Gasteiger partial charge in [0.25, 0.3) is 0 Å². The molecule has 0 unspecified atom stereocenters. The Kier molecular flexibility index (Phi) is 6.15. The summed E-state index contributed by atoms with van der Waals surface area (Å²) < 4.78 is 11.3. The van der Waals surface area contributed by atoms with Crippen molar-refractivity contribution in [1.29, 1.82) is 0 Å². The van der Waals surface area contributed by atoms with Gasteiger partial charge in [-0.3, -0.25) is 9.80 Å². The summed E-state index contributed by atoms with van der Waals surface area (Å²) in [6.07, 6.45) is 0.809. The van der Waals surface area contributed by atoms with Crippen LogP contribution < -0.4 is 9.47 Å². The highest BCUT2D eigenvalue weighted by atomic mass is 16.6. The van der Waals surface area contributed by atoms with Gasteiger partial charge in [-0.2, -0.15) is 0 Å². The first-order chi connectivity index (χ1) is 13.7. The van der Waals surface area contributed by atoms with Crippen molar-refractivity contribution < 1.29 is 14.6 Å². The quantitative estimate of drug-likeness (QED) is 0.832. The molecule has 2 aliphatic rings. The molecule has 2 heterocycles. The first-order valence-electron chi connectivity index (χ1n) is 10.2. The summed E-state index contributed by atoms with van der Waals surface area (Å²) in [5, 5.41) is 9.59. The van der Waals surface area contributed by atoms with Crippen molar-refractivity contribution in [3.8, 4) is 11.5 Å². The zero-order valence-corrected chi connectivity index (χ0v) is 16.6. The molecule has 0 radical (unpaired) electrons. The molecule has 5 nitrogen and oxygen atoms in total. The highest BCUT2D eigenvalue weighted by molar-refractivity contribution is 5.43. The molecule has 2 aromatic carbocycles. The maximum absolute atomic E-state index is 9.59. The van der Waals surface area contributed by atoms with Crippen molar-refractivity contribution in [2.45, 2.75) is 32.5 Å². The molecule has 1 saturated heterocycles. The number of hydrogen-bond donors (Lipinski definition) is 1. The molecule has 0 bridgehead atoms. The number of aliphatic hydroxyl groups excluding tert-OH is 1. The van der Waals surface area contributed by atoms with Crippen LogP contribution in [-0.4, -0.2) is 60.4 Å². The smallest absolute Gasteiger partial charge is 0.161 e. The van der Waals surface area contributed by atoms with E-state index in [2.05, 4.69) is 53.1 Å². The number of hydrogen-bond acceptors (Lipinski definition) is 5. The van der Waals surface area contributed by atoms with Gasteiger partial charge in [0.15, 0.2) is 11.5 Å². The summed E-state index contributed by atoms with van der Waals surface area (Å²) in [4.78, 5) is 5.01. The van der Waals surface area contributed by atoms with E-state index in [4.69, 9.17) is 9.47 Å². The fourth-order valence-electron chi connectivity index (χ4n) is 4.18. The van der Waals surface area contributed by atoms with E-state index in [1.54, 1.807) is 0 Å². The van der Waals surface area contributed by atoms with Crippen LogP contribution in [0.1, 0.15) is 23.1 Å². The summed E-state index contributed by atoms with van der Waals surface area (Å²) >= 11 is 0. The van der Waals surface area contributed by atoms with E-state index in [1.165, 1.54) is 16.7 Å². The lowest BCUT2D eigenvalue weighted by atomic mass is 10.0. The van der Waals surface area contributed by atoms with Gasteiger partial charge in [0, 0.05) is 45.4 Å². The molecule has 0 aliphatic carbocycles. The Hall–Kier alpha value is -2.08. The molecular formula is C23H30N2O3. The highest BCUT2D eigenvalue weighted by Gasteiger charge is 2.27. The largest absolute Gasteiger partial charge is 0.486 e. The molecule has 4 rings (SSSR count). The second-order valence-electron chi connectivity index (χ2n) is 7.78. The molecule has 5 heteroatoms. The van der Waals surface area contributed by atoms with Gasteiger partial charge in [-0.1, -0.05) is 30.3 Å². The van der Waals surface area contributed by atoms with E-state index in [9.17, 15) is 5.11 Å². The monoisotopic (exact) mass is 382 g/mol. The van der Waals surface area contributed by atoms with Crippen LogP contribution in [-0.2, 0) is 13.1 Å². The average molecular weight is 383 g/mol. The minimum Gasteiger partial charge on any atom is -0.486 e. The van der Waals surface area contributed by atoms with E-state index in [1.807, 2.05) is 6.07 Å². The van der Waals surface area contributed by atoms with Crippen LogP contribution in [0.15, 0.2) is 42.5 Å². The summed E-state index contributed by atoms with van der Waals surface area (Å²) in [5.74, 6) is 1.70. The van der Waals surface area contributed by atoms with Crippen LogP contribution in [0.4, 0.5) is 0 Å². The molecular weight excluding hydrogens is 352 g/mol. The lowest BCUT2D eigenvalue weighted by Gasteiger charge is -2.41. The molecule has 0 spiro atoms. The summed E-state index contributed by atoms with van der Waals surface area (Å²) in [5.41, 5.74) is 3.97. The lowest BCUT2D eigenvalue weighted by molar-refractivity contribution is 0.0498. The topological polar surface area (TPSA) is 45.2 Å². The fourth-order valence-corrected chi connectivity index (χ4v) is 4.18. The normalized spacial score (nSPS) is 20.3. The summed E-state index contributed by atoms with van der Waals surface area (Å²) in [6.45, 7) is 8.52. The van der Waals surface area contributed by atoms with Crippen molar-refractivity contribution in [2.75, 3.05) is 39.5 Å². The average Bonchev–Trinajstić information content (AvgIpc) is 2.71. The van der Waals surface area contributed by atoms with Gasteiger partial charge in [0.2, 0.25) is 0 Å². The molecule has 28 heavy (non-hydrogen) atoms. The Morgan fingerprint density at radius 1 is 1.00 bits per heavy atom. The van der Waals surface area contributed by atoms with Crippen molar-refractivity contribution in [2.24, 2.45) is 0 Å². The first-order valence-corrected chi connectivity index (χ1v) is 10.2. The van der Waals surface area contributed by atoms with Gasteiger partial charge >= 0.3 is 0 Å². The van der Waals surface area contributed by atoms with Crippen molar-refractivity contribution in [3.05, 3.63) is 59.2 Å². The molecule has 150 valence electrons. The summed E-state index contributed by atoms with van der Waals surface area (Å²) in [7, 11) is 0. The zero-order chi connectivity index (χ0) is 19.3. The van der Waals surface area contributed by atoms with E-state index in [0.717, 1.165) is 50.6 Å². The lowest BCUT2D eigenvalue weighted by Crippen LogP contribution is -2.52. The number of rotatable bonds is 6. The molecule has 1 atom stereocenters. The van der Waals surface area contributed by atoms with Crippen molar-refractivity contribution >= 4 is 0 Å². The second kappa shape index (κ2) is 8.95. The third-order valence-corrected chi connectivity index (χ3v) is 5.80. The maximum atomic E-state index is 9.59. The van der Waals surface area contributed by atoms with Gasteiger partial charge in [-0.05, 0) is 42.2 Å².